The van der Waals surface area contributed by atoms with Crippen LogP contribution in [0.1, 0.15) is 26.2 Å². The second kappa shape index (κ2) is 5.58. The van der Waals surface area contributed by atoms with E-state index in [1.165, 1.54) is 0 Å². The van der Waals surface area contributed by atoms with Crippen molar-refractivity contribution in [2.24, 2.45) is 5.73 Å². The third-order valence-corrected chi connectivity index (χ3v) is 2.68. The Balaban J connectivity index is 2.42. The summed E-state index contributed by atoms with van der Waals surface area (Å²) in [5, 5.41) is 7.14. The highest BCUT2D eigenvalue weighted by atomic mass is 16.2. The minimum Gasteiger partial charge on any atom is -0.388 e. The summed E-state index contributed by atoms with van der Waals surface area (Å²) in [5.74, 6) is 0.141. The van der Waals surface area contributed by atoms with Gasteiger partial charge in [-0.3, -0.25) is 5.41 Å². The molecule has 1 saturated heterocycles. The van der Waals surface area contributed by atoms with E-state index >= 15 is 0 Å². The van der Waals surface area contributed by atoms with Crippen LogP contribution in [-0.4, -0.2) is 47.8 Å². The van der Waals surface area contributed by atoms with Gasteiger partial charge in [-0.1, -0.05) is 0 Å². The van der Waals surface area contributed by atoms with Gasteiger partial charge in [0.2, 0.25) is 0 Å². The van der Waals surface area contributed by atoms with Gasteiger partial charge < -0.3 is 15.5 Å². The summed E-state index contributed by atoms with van der Waals surface area (Å²) in [6, 6.07) is 0.0938. The Morgan fingerprint density at radius 3 is 2.53 bits per heavy atom. The molecule has 2 amide bonds. The standard InChI is InChI=1S/C10H20N4O/c1-2-13(8-5-9(11)12)10(15)14-6-3-4-7-14/h2-8H2,1H3,(H3,11,12). The molecule has 3 N–H and O–H groups in total. The Morgan fingerprint density at radius 1 is 1.47 bits per heavy atom. The van der Waals surface area contributed by atoms with Crippen molar-refractivity contribution < 1.29 is 4.79 Å². The van der Waals surface area contributed by atoms with Gasteiger partial charge in [0.25, 0.3) is 0 Å². The van der Waals surface area contributed by atoms with E-state index in [2.05, 4.69) is 0 Å². The van der Waals surface area contributed by atoms with Crippen molar-refractivity contribution in [3.63, 3.8) is 0 Å². The maximum Gasteiger partial charge on any atom is 0.320 e. The van der Waals surface area contributed by atoms with E-state index in [0.29, 0.717) is 19.5 Å². The van der Waals surface area contributed by atoms with Crippen LogP contribution in [0.15, 0.2) is 0 Å². The van der Waals surface area contributed by atoms with E-state index in [-0.39, 0.29) is 11.9 Å². The third-order valence-electron chi connectivity index (χ3n) is 2.68. The van der Waals surface area contributed by atoms with Crippen molar-refractivity contribution in [3.05, 3.63) is 0 Å². The normalized spacial score (nSPS) is 15.4. The van der Waals surface area contributed by atoms with Crippen LogP contribution in [0.3, 0.4) is 0 Å². The molecule has 1 heterocycles. The van der Waals surface area contributed by atoms with Gasteiger partial charge in [0.05, 0.1) is 5.84 Å². The molecule has 0 aromatic carbocycles. The molecule has 0 saturated carbocycles. The van der Waals surface area contributed by atoms with Crippen molar-refractivity contribution in [1.29, 1.82) is 5.41 Å². The number of likely N-dealkylation sites (tertiary alicyclic amines) is 1. The van der Waals surface area contributed by atoms with Crippen molar-refractivity contribution in [3.8, 4) is 0 Å². The highest BCUT2D eigenvalue weighted by Gasteiger charge is 2.22. The van der Waals surface area contributed by atoms with Crippen molar-refractivity contribution in [2.45, 2.75) is 26.2 Å². The average Bonchev–Trinajstić information content (AvgIpc) is 2.70. The predicted molar refractivity (Wildman–Crippen MR) is 60.0 cm³/mol. The van der Waals surface area contributed by atoms with E-state index in [9.17, 15) is 4.79 Å². The fraction of sp³-hybridized carbons (Fsp3) is 0.800. The fourth-order valence-corrected chi connectivity index (χ4v) is 1.75. The molecule has 0 aliphatic carbocycles. The van der Waals surface area contributed by atoms with Gasteiger partial charge in [-0.25, -0.2) is 4.79 Å². The summed E-state index contributed by atoms with van der Waals surface area (Å²) in [6.45, 7) is 4.93. The molecule has 0 atom stereocenters. The number of amidine groups is 1. The minimum absolute atomic E-state index is 0.0938. The molecule has 0 aromatic heterocycles. The third kappa shape index (κ3) is 3.42. The van der Waals surface area contributed by atoms with Crippen molar-refractivity contribution in [2.75, 3.05) is 26.2 Å². The van der Waals surface area contributed by atoms with Gasteiger partial charge in [0.1, 0.15) is 0 Å². The SMILES string of the molecule is CCN(CCC(=N)N)C(=O)N1CCCC1. The molecular formula is C10H20N4O. The molecule has 0 radical (unpaired) electrons. The molecule has 0 spiro atoms. The highest BCUT2D eigenvalue weighted by molar-refractivity contribution is 5.79. The van der Waals surface area contributed by atoms with Crippen LogP contribution in [0.5, 0.6) is 0 Å². The Hall–Kier alpha value is -1.26. The topological polar surface area (TPSA) is 73.4 Å². The molecule has 5 nitrogen and oxygen atoms in total. The fourth-order valence-electron chi connectivity index (χ4n) is 1.75. The summed E-state index contributed by atoms with van der Waals surface area (Å²) >= 11 is 0. The second-order valence-electron chi connectivity index (χ2n) is 3.83. The second-order valence-corrected chi connectivity index (χ2v) is 3.83. The molecule has 1 rings (SSSR count). The Kier molecular flexibility index (Phi) is 4.39. The first-order chi connectivity index (χ1) is 7.15. The molecule has 1 fully saturated rings. The van der Waals surface area contributed by atoms with Crippen LogP contribution in [-0.2, 0) is 0 Å². The van der Waals surface area contributed by atoms with E-state index in [1.54, 1.807) is 4.90 Å². The molecule has 0 unspecified atom stereocenters. The number of urea groups is 1. The number of hydrogen-bond donors (Lipinski definition) is 2. The smallest absolute Gasteiger partial charge is 0.320 e. The van der Waals surface area contributed by atoms with E-state index < -0.39 is 0 Å². The molecular weight excluding hydrogens is 192 g/mol. The van der Waals surface area contributed by atoms with Gasteiger partial charge in [0.15, 0.2) is 0 Å². The first kappa shape index (κ1) is 11.8. The largest absolute Gasteiger partial charge is 0.388 e. The number of nitrogens with zero attached hydrogens (tertiary/aromatic N) is 2. The molecule has 0 aromatic rings. The monoisotopic (exact) mass is 212 g/mol. The molecule has 1 aliphatic rings. The van der Waals surface area contributed by atoms with E-state index in [1.807, 2.05) is 11.8 Å². The Morgan fingerprint density at radius 2 is 2.07 bits per heavy atom. The lowest BCUT2D eigenvalue weighted by Gasteiger charge is -2.26. The molecule has 5 heteroatoms. The van der Waals surface area contributed by atoms with E-state index in [0.717, 1.165) is 25.9 Å². The summed E-state index contributed by atoms with van der Waals surface area (Å²) in [4.78, 5) is 15.6. The number of nitrogens with two attached hydrogens (primary N) is 1. The summed E-state index contributed by atoms with van der Waals surface area (Å²) in [6.07, 6.45) is 2.68. The van der Waals surface area contributed by atoms with Crippen LogP contribution in [0.25, 0.3) is 0 Å². The summed E-state index contributed by atoms with van der Waals surface area (Å²) < 4.78 is 0. The quantitative estimate of drug-likeness (QED) is 0.535. The lowest BCUT2D eigenvalue weighted by atomic mass is 10.3. The van der Waals surface area contributed by atoms with Crippen LogP contribution in [0, 0.1) is 5.41 Å². The van der Waals surface area contributed by atoms with E-state index in [4.69, 9.17) is 11.1 Å². The van der Waals surface area contributed by atoms with Crippen LogP contribution < -0.4 is 5.73 Å². The Bertz CT molecular complexity index is 236. The zero-order valence-corrected chi connectivity index (χ0v) is 9.33. The number of carbonyl (C=O) groups excluding carboxylic acids is 1. The van der Waals surface area contributed by atoms with Gasteiger partial charge >= 0.3 is 6.03 Å². The maximum atomic E-state index is 11.9. The molecule has 1 aliphatic heterocycles. The lowest BCUT2D eigenvalue weighted by Crippen LogP contribution is -2.42. The highest BCUT2D eigenvalue weighted by Crippen LogP contribution is 2.10. The number of rotatable bonds is 4. The first-order valence-electron chi connectivity index (χ1n) is 5.52. The van der Waals surface area contributed by atoms with Crippen LogP contribution >= 0.6 is 0 Å². The number of nitrogens with one attached hydrogen (secondary N) is 1. The van der Waals surface area contributed by atoms with Gasteiger partial charge in [-0.05, 0) is 19.8 Å². The molecule has 86 valence electrons. The van der Waals surface area contributed by atoms with Gasteiger partial charge in [-0.2, -0.15) is 0 Å². The van der Waals surface area contributed by atoms with Crippen LogP contribution in [0.4, 0.5) is 4.79 Å². The zero-order chi connectivity index (χ0) is 11.3. The summed E-state index contributed by atoms with van der Waals surface area (Å²) in [7, 11) is 0. The zero-order valence-electron chi connectivity index (χ0n) is 9.33. The number of carbonyl (C=O) groups is 1. The van der Waals surface area contributed by atoms with Crippen molar-refractivity contribution in [1.82, 2.24) is 9.80 Å². The van der Waals surface area contributed by atoms with Gasteiger partial charge in [-0.15, -0.1) is 0 Å². The number of hydrogen-bond acceptors (Lipinski definition) is 2. The lowest BCUT2D eigenvalue weighted by molar-refractivity contribution is 0.166. The van der Waals surface area contributed by atoms with Gasteiger partial charge in [0, 0.05) is 32.6 Å². The van der Waals surface area contributed by atoms with Crippen molar-refractivity contribution >= 4 is 11.9 Å². The summed E-state index contributed by atoms with van der Waals surface area (Å²) in [5.41, 5.74) is 5.28. The number of amides is 2. The Labute approximate surface area is 90.7 Å². The first-order valence-corrected chi connectivity index (χ1v) is 5.52. The average molecular weight is 212 g/mol. The molecule has 0 bridgehead atoms. The maximum absolute atomic E-state index is 11.9. The minimum atomic E-state index is 0.0938. The van der Waals surface area contributed by atoms with Crippen LogP contribution in [0.2, 0.25) is 0 Å². The molecule has 15 heavy (non-hydrogen) atoms. The predicted octanol–water partition coefficient (Wildman–Crippen LogP) is 0.850.